The van der Waals surface area contributed by atoms with Crippen LogP contribution in [0.3, 0.4) is 0 Å². The monoisotopic (exact) mass is 313 g/mol. The number of hydrogen-bond acceptors (Lipinski definition) is 3. The predicted octanol–water partition coefficient (Wildman–Crippen LogP) is 4.31. The van der Waals surface area contributed by atoms with Gasteiger partial charge < -0.3 is 5.11 Å². The lowest BCUT2D eigenvalue weighted by atomic mass is 10.0. The van der Waals surface area contributed by atoms with Gasteiger partial charge in [0, 0.05) is 11.1 Å². The van der Waals surface area contributed by atoms with Crippen LogP contribution in [0.25, 0.3) is 28.2 Å². The average molecular weight is 313 g/mol. The van der Waals surface area contributed by atoms with E-state index in [-0.39, 0.29) is 5.75 Å². The van der Waals surface area contributed by atoms with E-state index in [9.17, 15) is 5.11 Å². The normalized spacial score (nSPS) is 10.7. The molecule has 0 atom stereocenters. The Labute approximate surface area is 139 Å². The van der Waals surface area contributed by atoms with Crippen molar-refractivity contribution in [1.29, 1.82) is 0 Å². The first-order valence-electron chi connectivity index (χ1n) is 7.69. The van der Waals surface area contributed by atoms with Gasteiger partial charge in [0.15, 0.2) is 0 Å². The summed E-state index contributed by atoms with van der Waals surface area (Å²) in [7, 11) is 0. The summed E-state index contributed by atoms with van der Waals surface area (Å²) >= 11 is 0. The van der Waals surface area contributed by atoms with Gasteiger partial charge in [-0.3, -0.25) is 0 Å². The Morgan fingerprint density at radius 1 is 0.667 bits per heavy atom. The van der Waals surface area contributed by atoms with Gasteiger partial charge in [-0.05, 0) is 12.1 Å². The zero-order chi connectivity index (χ0) is 16.4. The summed E-state index contributed by atoms with van der Waals surface area (Å²) in [5.41, 5.74) is 4.21. The van der Waals surface area contributed by atoms with Gasteiger partial charge in [-0.1, -0.05) is 78.0 Å². The number of aromatic nitrogens is 3. The van der Waals surface area contributed by atoms with Crippen molar-refractivity contribution in [1.82, 2.24) is 15.0 Å². The summed E-state index contributed by atoms with van der Waals surface area (Å²) in [6.45, 7) is 0. The SMILES string of the molecule is Oc1ccccc1-n1nnc(-c2ccccc2)c1-c1ccccc1. The zero-order valence-electron chi connectivity index (χ0n) is 12.9. The van der Waals surface area contributed by atoms with Gasteiger partial charge >= 0.3 is 0 Å². The molecule has 4 rings (SSSR count). The van der Waals surface area contributed by atoms with E-state index in [2.05, 4.69) is 10.3 Å². The van der Waals surface area contributed by atoms with E-state index in [1.54, 1.807) is 16.8 Å². The number of benzene rings is 3. The van der Waals surface area contributed by atoms with Crippen LogP contribution in [-0.2, 0) is 0 Å². The minimum atomic E-state index is 0.166. The van der Waals surface area contributed by atoms with Crippen molar-refractivity contribution in [3.63, 3.8) is 0 Å². The van der Waals surface area contributed by atoms with Crippen LogP contribution in [0, 0.1) is 0 Å². The standard InChI is InChI=1S/C20H15N3O/c24-18-14-8-7-13-17(18)23-20(16-11-5-2-6-12-16)19(21-22-23)15-9-3-1-4-10-15/h1-14,24H. The van der Waals surface area contributed by atoms with Crippen molar-refractivity contribution in [3.05, 3.63) is 84.9 Å². The van der Waals surface area contributed by atoms with Crippen LogP contribution in [0.5, 0.6) is 5.75 Å². The molecule has 0 amide bonds. The maximum atomic E-state index is 10.2. The molecule has 0 unspecified atom stereocenters. The maximum Gasteiger partial charge on any atom is 0.141 e. The quantitative estimate of drug-likeness (QED) is 0.613. The highest BCUT2D eigenvalue weighted by molar-refractivity contribution is 5.79. The molecule has 116 valence electrons. The van der Waals surface area contributed by atoms with Gasteiger partial charge in [-0.15, -0.1) is 5.10 Å². The molecule has 1 aromatic heterocycles. The molecule has 4 heteroatoms. The third kappa shape index (κ3) is 2.44. The molecule has 3 aromatic carbocycles. The van der Waals surface area contributed by atoms with Gasteiger partial charge in [0.2, 0.25) is 0 Å². The number of nitrogens with zero attached hydrogens (tertiary/aromatic N) is 3. The van der Waals surface area contributed by atoms with E-state index < -0.39 is 0 Å². The third-order valence-electron chi connectivity index (χ3n) is 3.87. The lowest BCUT2D eigenvalue weighted by Crippen LogP contribution is -2.00. The Balaban J connectivity index is 2.00. The van der Waals surface area contributed by atoms with Crippen LogP contribution in [-0.4, -0.2) is 20.1 Å². The Morgan fingerprint density at radius 2 is 1.25 bits per heavy atom. The average Bonchev–Trinajstić information content (AvgIpc) is 3.08. The first-order valence-corrected chi connectivity index (χ1v) is 7.69. The smallest absolute Gasteiger partial charge is 0.141 e. The van der Waals surface area contributed by atoms with E-state index in [4.69, 9.17) is 0 Å². The molecular weight excluding hydrogens is 298 g/mol. The number of phenols is 1. The number of hydrogen-bond donors (Lipinski definition) is 1. The molecule has 4 nitrogen and oxygen atoms in total. The van der Waals surface area contributed by atoms with Gasteiger partial charge in [0.1, 0.15) is 22.8 Å². The van der Waals surface area contributed by atoms with Crippen LogP contribution in [0.2, 0.25) is 0 Å². The topological polar surface area (TPSA) is 50.9 Å². The van der Waals surface area contributed by atoms with Gasteiger partial charge in [0.25, 0.3) is 0 Å². The molecule has 0 aliphatic heterocycles. The molecular formula is C20H15N3O. The number of rotatable bonds is 3. The predicted molar refractivity (Wildman–Crippen MR) is 93.9 cm³/mol. The number of para-hydroxylation sites is 2. The maximum absolute atomic E-state index is 10.2. The van der Waals surface area contributed by atoms with Crippen LogP contribution in [0.1, 0.15) is 0 Å². The van der Waals surface area contributed by atoms with Crippen LogP contribution >= 0.6 is 0 Å². The summed E-state index contributed by atoms with van der Waals surface area (Å²) < 4.78 is 1.69. The second-order valence-corrected chi connectivity index (χ2v) is 5.42. The van der Waals surface area contributed by atoms with Gasteiger partial charge in [-0.25, -0.2) is 4.68 Å². The lowest BCUT2D eigenvalue weighted by Gasteiger charge is -2.10. The summed E-state index contributed by atoms with van der Waals surface area (Å²) in [6.07, 6.45) is 0. The first-order chi connectivity index (χ1) is 11.8. The molecule has 0 saturated heterocycles. The Kier molecular flexibility index (Phi) is 3.56. The summed E-state index contributed by atoms with van der Waals surface area (Å²) in [5.74, 6) is 0.166. The van der Waals surface area contributed by atoms with E-state index in [1.165, 1.54) is 0 Å². The second kappa shape index (κ2) is 6.01. The Bertz CT molecular complexity index is 963. The first kappa shape index (κ1) is 14.2. The largest absolute Gasteiger partial charge is 0.506 e. The molecule has 0 aliphatic carbocycles. The molecule has 0 spiro atoms. The molecule has 24 heavy (non-hydrogen) atoms. The molecule has 0 fully saturated rings. The van der Waals surface area contributed by atoms with E-state index in [0.717, 1.165) is 22.5 Å². The molecule has 0 radical (unpaired) electrons. The van der Waals surface area contributed by atoms with Crippen LogP contribution in [0.15, 0.2) is 84.9 Å². The third-order valence-corrected chi connectivity index (χ3v) is 3.87. The number of aromatic hydroxyl groups is 1. The van der Waals surface area contributed by atoms with Crippen LogP contribution in [0.4, 0.5) is 0 Å². The lowest BCUT2D eigenvalue weighted by molar-refractivity contribution is 0.470. The Hall–Kier alpha value is -3.40. The minimum Gasteiger partial charge on any atom is -0.506 e. The molecule has 1 N–H and O–H groups in total. The zero-order valence-corrected chi connectivity index (χ0v) is 12.9. The molecule has 1 heterocycles. The highest BCUT2D eigenvalue weighted by Crippen LogP contribution is 2.33. The molecule has 4 aromatic rings. The highest BCUT2D eigenvalue weighted by atomic mass is 16.3. The van der Waals surface area contributed by atoms with Gasteiger partial charge in [0.05, 0.1) is 0 Å². The summed E-state index contributed by atoms with van der Waals surface area (Å²) in [5, 5.41) is 18.9. The summed E-state index contributed by atoms with van der Waals surface area (Å²) in [4.78, 5) is 0. The fraction of sp³-hybridized carbons (Fsp3) is 0. The Morgan fingerprint density at radius 3 is 1.92 bits per heavy atom. The van der Waals surface area contributed by atoms with Gasteiger partial charge in [-0.2, -0.15) is 0 Å². The summed E-state index contributed by atoms with van der Waals surface area (Å²) in [6, 6.07) is 27.0. The van der Waals surface area contributed by atoms with Crippen molar-refractivity contribution < 1.29 is 5.11 Å². The molecule has 0 aliphatic rings. The molecule has 0 bridgehead atoms. The molecule has 0 saturated carbocycles. The minimum absolute atomic E-state index is 0.166. The fourth-order valence-electron chi connectivity index (χ4n) is 2.74. The fourth-order valence-corrected chi connectivity index (χ4v) is 2.74. The van der Waals surface area contributed by atoms with Crippen molar-refractivity contribution in [2.75, 3.05) is 0 Å². The van der Waals surface area contributed by atoms with E-state index in [1.807, 2.05) is 72.8 Å². The van der Waals surface area contributed by atoms with Crippen molar-refractivity contribution in [2.24, 2.45) is 0 Å². The van der Waals surface area contributed by atoms with Crippen LogP contribution < -0.4 is 0 Å². The highest BCUT2D eigenvalue weighted by Gasteiger charge is 2.19. The van der Waals surface area contributed by atoms with E-state index in [0.29, 0.717) is 5.69 Å². The van der Waals surface area contributed by atoms with Crippen molar-refractivity contribution >= 4 is 0 Å². The van der Waals surface area contributed by atoms with E-state index >= 15 is 0 Å². The van der Waals surface area contributed by atoms with Crippen molar-refractivity contribution in [2.45, 2.75) is 0 Å². The van der Waals surface area contributed by atoms with Crippen molar-refractivity contribution in [3.8, 4) is 34.0 Å². The second-order valence-electron chi connectivity index (χ2n) is 5.42. The number of phenolic OH excluding ortho intramolecular Hbond substituents is 1.